The van der Waals surface area contributed by atoms with Crippen molar-refractivity contribution in [2.24, 2.45) is 0 Å². The van der Waals surface area contributed by atoms with Gasteiger partial charge in [0.1, 0.15) is 5.75 Å². The zero-order chi connectivity index (χ0) is 14.5. The normalized spacial score (nSPS) is 12.0. The van der Waals surface area contributed by atoms with Crippen LogP contribution >= 0.6 is 15.9 Å². The van der Waals surface area contributed by atoms with Gasteiger partial charge in [0.05, 0.1) is 6.61 Å². The molecule has 20 heavy (non-hydrogen) atoms. The fourth-order valence-corrected chi connectivity index (χ4v) is 2.56. The largest absolute Gasteiger partial charge is 0.494 e. The van der Waals surface area contributed by atoms with Crippen molar-refractivity contribution >= 4 is 21.6 Å². The third kappa shape index (κ3) is 3.76. The summed E-state index contributed by atoms with van der Waals surface area (Å²) in [6.07, 6.45) is 0. The quantitative estimate of drug-likeness (QED) is 0.798. The molecule has 0 aliphatic rings. The van der Waals surface area contributed by atoms with E-state index < -0.39 is 0 Å². The highest BCUT2D eigenvalue weighted by Gasteiger charge is 2.08. The van der Waals surface area contributed by atoms with Gasteiger partial charge in [0, 0.05) is 16.2 Å². The Labute approximate surface area is 129 Å². The maximum Gasteiger partial charge on any atom is 0.119 e. The summed E-state index contributed by atoms with van der Waals surface area (Å²) in [5.74, 6) is 0.922. The predicted molar refractivity (Wildman–Crippen MR) is 88.5 cm³/mol. The van der Waals surface area contributed by atoms with Gasteiger partial charge in [-0.25, -0.2) is 0 Å². The molecule has 2 rings (SSSR count). The smallest absolute Gasteiger partial charge is 0.119 e. The second-order valence-electron chi connectivity index (χ2n) is 4.83. The Morgan fingerprint density at radius 1 is 1.20 bits per heavy atom. The highest BCUT2D eigenvalue weighted by Crippen LogP contribution is 2.26. The van der Waals surface area contributed by atoms with E-state index >= 15 is 0 Å². The monoisotopic (exact) mass is 333 g/mol. The summed E-state index contributed by atoms with van der Waals surface area (Å²) in [5, 5.41) is 3.55. The van der Waals surface area contributed by atoms with Crippen LogP contribution in [0.4, 0.5) is 5.69 Å². The van der Waals surface area contributed by atoms with Crippen molar-refractivity contribution in [3.8, 4) is 5.75 Å². The maximum absolute atomic E-state index is 5.51. The predicted octanol–water partition coefficient (Wildman–Crippen LogP) is 5.33. The van der Waals surface area contributed by atoms with E-state index in [2.05, 4.69) is 65.4 Å². The lowest BCUT2D eigenvalue weighted by molar-refractivity contribution is 0.340. The van der Waals surface area contributed by atoms with Gasteiger partial charge in [-0.15, -0.1) is 0 Å². The van der Waals surface area contributed by atoms with Crippen LogP contribution in [0.15, 0.2) is 46.9 Å². The molecular weight excluding hydrogens is 314 g/mol. The average molecular weight is 334 g/mol. The molecule has 2 aromatic carbocycles. The lowest BCUT2D eigenvalue weighted by Crippen LogP contribution is -2.07. The average Bonchev–Trinajstić information content (AvgIpc) is 2.42. The van der Waals surface area contributed by atoms with Crippen LogP contribution in [-0.2, 0) is 0 Å². The van der Waals surface area contributed by atoms with Gasteiger partial charge in [-0.05, 0) is 62.2 Å². The Bertz CT molecular complexity index is 583. The van der Waals surface area contributed by atoms with E-state index in [0.717, 1.165) is 15.9 Å². The van der Waals surface area contributed by atoms with Crippen molar-refractivity contribution < 1.29 is 4.74 Å². The van der Waals surface area contributed by atoms with Crippen molar-refractivity contribution in [3.63, 3.8) is 0 Å². The van der Waals surface area contributed by atoms with Crippen molar-refractivity contribution in [1.82, 2.24) is 0 Å². The first kappa shape index (κ1) is 14.9. The Morgan fingerprint density at radius 2 is 2.00 bits per heavy atom. The van der Waals surface area contributed by atoms with Gasteiger partial charge in [-0.1, -0.05) is 28.1 Å². The lowest BCUT2D eigenvalue weighted by atomic mass is 10.1. The number of benzene rings is 2. The van der Waals surface area contributed by atoms with E-state index in [0.29, 0.717) is 6.61 Å². The van der Waals surface area contributed by atoms with Gasteiger partial charge >= 0.3 is 0 Å². The fourth-order valence-electron chi connectivity index (χ4n) is 2.15. The summed E-state index contributed by atoms with van der Waals surface area (Å²) < 4.78 is 6.62. The maximum atomic E-state index is 5.51. The van der Waals surface area contributed by atoms with E-state index in [9.17, 15) is 0 Å². The number of rotatable bonds is 5. The van der Waals surface area contributed by atoms with Crippen LogP contribution in [0, 0.1) is 6.92 Å². The first-order valence-corrected chi connectivity index (χ1v) is 7.65. The van der Waals surface area contributed by atoms with Gasteiger partial charge in [-0.2, -0.15) is 0 Å². The minimum atomic E-state index is 0.254. The standard InChI is InChI=1S/C17H20BrNO/c1-4-20-16-8-9-17(12(2)10-16)19-13(3)14-6-5-7-15(18)11-14/h5-11,13,19H,4H2,1-3H3. The zero-order valence-electron chi connectivity index (χ0n) is 12.1. The zero-order valence-corrected chi connectivity index (χ0v) is 13.7. The molecule has 0 radical (unpaired) electrons. The Morgan fingerprint density at radius 3 is 2.65 bits per heavy atom. The second kappa shape index (κ2) is 6.80. The molecule has 0 aliphatic heterocycles. The number of anilines is 1. The van der Waals surface area contributed by atoms with E-state index in [-0.39, 0.29) is 6.04 Å². The van der Waals surface area contributed by atoms with E-state index in [1.54, 1.807) is 0 Å². The van der Waals surface area contributed by atoms with Gasteiger partial charge in [0.25, 0.3) is 0 Å². The number of aryl methyl sites for hydroxylation is 1. The SMILES string of the molecule is CCOc1ccc(NC(C)c2cccc(Br)c2)c(C)c1. The number of nitrogens with one attached hydrogen (secondary N) is 1. The molecule has 0 saturated carbocycles. The summed E-state index contributed by atoms with van der Waals surface area (Å²) >= 11 is 3.51. The molecular formula is C17H20BrNO. The molecule has 1 N–H and O–H groups in total. The van der Waals surface area contributed by atoms with Gasteiger partial charge < -0.3 is 10.1 Å². The van der Waals surface area contributed by atoms with Crippen LogP contribution in [0.1, 0.15) is 31.0 Å². The summed E-state index contributed by atoms with van der Waals surface area (Å²) in [6.45, 7) is 6.95. The molecule has 2 aromatic rings. The number of halogens is 1. The third-order valence-corrected chi connectivity index (χ3v) is 3.72. The van der Waals surface area contributed by atoms with Crippen LogP contribution in [0.5, 0.6) is 5.75 Å². The molecule has 106 valence electrons. The van der Waals surface area contributed by atoms with Crippen LogP contribution in [0.25, 0.3) is 0 Å². The molecule has 1 unspecified atom stereocenters. The summed E-state index contributed by atoms with van der Waals surface area (Å²) in [4.78, 5) is 0. The lowest BCUT2D eigenvalue weighted by Gasteiger charge is -2.18. The van der Waals surface area contributed by atoms with Crippen LogP contribution in [0.2, 0.25) is 0 Å². The molecule has 0 aromatic heterocycles. The molecule has 0 amide bonds. The minimum absolute atomic E-state index is 0.254. The molecule has 3 heteroatoms. The summed E-state index contributed by atoms with van der Waals surface area (Å²) in [6, 6.07) is 14.8. The topological polar surface area (TPSA) is 21.3 Å². The molecule has 0 fully saturated rings. The molecule has 0 heterocycles. The molecule has 2 nitrogen and oxygen atoms in total. The molecule has 0 aliphatic carbocycles. The number of ether oxygens (including phenoxy) is 1. The minimum Gasteiger partial charge on any atom is -0.494 e. The van der Waals surface area contributed by atoms with Crippen molar-refractivity contribution in [3.05, 3.63) is 58.1 Å². The Hall–Kier alpha value is -1.48. The number of hydrogen-bond acceptors (Lipinski definition) is 2. The fraction of sp³-hybridized carbons (Fsp3) is 0.294. The molecule has 0 bridgehead atoms. The third-order valence-electron chi connectivity index (χ3n) is 3.23. The molecule has 1 atom stereocenters. The molecule has 0 spiro atoms. The number of hydrogen-bond donors (Lipinski definition) is 1. The highest BCUT2D eigenvalue weighted by atomic mass is 79.9. The van der Waals surface area contributed by atoms with Gasteiger partial charge in [0.2, 0.25) is 0 Å². The summed E-state index contributed by atoms with van der Waals surface area (Å²) in [5.41, 5.74) is 3.59. The Kier molecular flexibility index (Phi) is 5.07. The summed E-state index contributed by atoms with van der Waals surface area (Å²) in [7, 11) is 0. The van der Waals surface area contributed by atoms with Crippen LogP contribution < -0.4 is 10.1 Å². The Balaban J connectivity index is 2.13. The van der Waals surface area contributed by atoms with Crippen molar-refractivity contribution in [1.29, 1.82) is 0 Å². The van der Waals surface area contributed by atoms with Crippen LogP contribution in [0.3, 0.4) is 0 Å². The second-order valence-corrected chi connectivity index (χ2v) is 5.75. The first-order chi connectivity index (χ1) is 9.60. The highest BCUT2D eigenvalue weighted by molar-refractivity contribution is 9.10. The van der Waals surface area contributed by atoms with Crippen molar-refractivity contribution in [2.45, 2.75) is 26.8 Å². The van der Waals surface area contributed by atoms with E-state index in [1.165, 1.54) is 11.1 Å². The van der Waals surface area contributed by atoms with Crippen LogP contribution in [-0.4, -0.2) is 6.61 Å². The van der Waals surface area contributed by atoms with E-state index in [1.807, 2.05) is 19.1 Å². The van der Waals surface area contributed by atoms with E-state index in [4.69, 9.17) is 4.74 Å². The van der Waals surface area contributed by atoms with Crippen molar-refractivity contribution in [2.75, 3.05) is 11.9 Å². The first-order valence-electron chi connectivity index (χ1n) is 6.85. The van der Waals surface area contributed by atoms with Gasteiger partial charge in [-0.3, -0.25) is 0 Å². The molecule has 0 saturated heterocycles. The van der Waals surface area contributed by atoms with Gasteiger partial charge in [0.15, 0.2) is 0 Å².